The van der Waals surface area contributed by atoms with E-state index in [4.69, 9.17) is 5.73 Å². The summed E-state index contributed by atoms with van der Waals surface area (Å²) >= 11 is 0. The fourth-order valence-electron chi connectivity index (χ4n) is 0.798. The first kappa shape index (κ1) is 6.77. The quantitative estimate of drug-likeness (QED) is 0.633. The van der Waals surface area contributed by atoms with Crippen molar-refractivity contribution in [3.8, 4) is 0 Å². The van der Waals surface area contributed by atoms with Gasteiger partial charge in [-0.1, -0.05) is 10.4 Å². The van der Waals surface area contributed by atoms with E-state index in [1.54, 1.807) is 6.20 Å². The minimum Gasteiger partial charge on any atom is -0.381 e. The first-order chi connectivity index (χ1) is 5.84. The molecule has 0 amide bonds. The van der Waals surface area contributed by atoms with Crippen LogP contribution < -0.4 is 5.73 Å². The van der Waals surface area contributed by atoms with Crippen LogP contribution >= 0.6 is 0 Å². The van der Waals surface area contributed by atoms with Gasteiger partial charge >= 0.3 is 0 Å². The Morgan fingerprint density at radius 3 is 3.08 bits per heavy atom. The predicted octanol–water partition coefficient (Wildman–Crippen LogP) is -0.708. The summed E-state index contributed by atoms with van der Waals surface area (Å²) in [5.74, 6) is 0.915. The molecule has 0 aliphatic rings. The van der Waals surface area contributed by atoms with E-state index in [0.29, 0.717) is 18.2 Å². The Morgan fingerprint density at radius 1 is 1.58 bits per heavy atom. The molecule has 2 rings (SSSR count). The van der Waals surface area contributed by atoms with E-state index in [0.717, 1.165) is 0 Å². The number of hydrogen-bond acceptors (Lipinski definition) is 6. The molecule has 2 aromatic rings. The van der Waals surface area contributed by atoms with Gasteiger partial charge in [0.2, 0.25) is 6.39 Å². The highest BCUT2D eigenvalue weighted by Gasteiger charge is 2.01. The van der Waals surface area contributed by atoms with Gasteiger partial charge in [0.15, 0.2) is 11.6 Å². The molecule has 12 heavy (non-hydrogen) atoms. The van der Waals surface area contributed by atoms with Crippen LogP contribution in [0.4, 0.5) is 5.82 Å². The van der Waals surface area contributed by atoms with Gasteiger partial charge < -0.3 is 10.3 Å². The Morgan fingerprint density at radius 2 is 2.50 bits per heavy atom. The number of nitrogens with two attached hydrogens (primary N) is 1. The first-order valence-electron chi connectivity index (χ1n) is 3.25. The lowest BCUT2D eigenvalue weighted by atomic mass is 10.6. The number of nitrogen functional groups attached to an aromatic ring is 1. The molecule has 0 radical (unpaired) electrons. The van der Waals surface area contributed by atoms with Crippen molar-refractivity contribution in [3.63, 3.8) is 0 Å². The summed E-state index contributed by atoms with van der Waals surface area (Å²) in [4.78, 5) is 3.81. The zero-order valence-corrected chi connectivity index (χ0v) is 6.08. The molecule has 2 aromatic heterocycles. The molecule has 0 saturated heterocycles. The number of hydrogen-bond donors (Lipinski definition) is 1. The Hall–Kier alpha value is -1.92. The van der Waals surface area contributed by atoms with Crippen LogP contribution in [0, 0.1) is 0 Å². The van der Waals surface area contributed by atoms with Crippen LogP contribution in [0.15, 0.2) is 17.1 Å². The molecule has 0 saturated carbocycles. The van der Waals surface area contributed by atoms with Gasteiger partial charge in [-0.2, -0.15) is 4.98 Å². The molecule has 0 bridgehead atoms. The van der Waals surface area contributed by atoms with Gasteiger partial charge in [0.25, 0.3) is 0 Å². The number of anilines is 1. The lowest BCUT2D eigenvalue weighted by Gasteiger charge is -1.90. The standard InChI is InChI=1S/C5H6N6O/c6-4-1-11(10-8-4)2-5-7-3-12-9-5/h1,3H,2,6H2. The summed E-state index contributed by atoms with van der Waals surface area (Å²) in [5.41, 5.74) is 5.35. The van der Waals surface area contributed by atoms with Crippen molar-refractivity contribution in [2.24, 2.45) is 0 Å². The van der Waals surface area contributed by atoms with Crippen molar-refractivity contribution < 1.29 is 4.52 Å². The fraction of sp³-hybridized carbons (Fsp3) is 0.200. The van der Waals surface area contributed by atoms with Gasteiger partial charge in [-0.25, -0.2) is 4.68 Å². The number of nitrogens with zero attached hydrogens (tertiary/aromatic N) is 5. The van der Waals surface area contributed by atoms with Crippen LogP contribution in [0.5, 0.6) is 0 Å². The summed E-state index contributed by atoms with van der Waals surface area (Å²) < 4.78 is 6.07. The molecule has 7 heteroatoms. The van der Waals surface area contributed by atoms with Gasteiger partial charge in [-0.3, -0.25) is 0 Å². The van der Waals surface area contributed by atoms with Gasteiger partial charge in [0.1, 0.15) is 6.54 Å². The monoisotopic (exact) mass is 166 g/mol. The van der Waals surface area contributed by atoms with Crippen molar-refractivity contribution in [3.05, 3.63) is 18.4 Å². The third-order valence-electron chi connectivity index (χ3n) is 1.27. The van der Waals surface area contributed by atoms with E-state index in [9.17, 15) is 0 Å². The fourth-order valence-corrected chi connectivity index (χ4v) is 0.798. The SMILES string of the molecule is Nc1cn(Cc2ncon2)nn1. The zero-order chi connectivity index (χ0) is 8.39. The molecule has 2 heterocycles. The third kappa shape index (κ3) is 1.24. The van der Waals surface area contributed by atoms with Crippen LogP contribution in [-0.2, 0) is 6.54 Å². The molecular weight excluding hydrogens is 160 g/mol. The molecule has 62 valence electrons. The molecule has 2 N–H and O–H groups in total. The average Bonchev–Trinajstić information content (AvgIpc) is 2.63. The molecule has 7 nitrogen and oxygen atoms in total. The predicted molar refractivity (Wildman–Crippen MR) is 37.8 cm³/mol. The van der Waals surface area contributed by atoms with E-state index >= 15 is 0 Å². The van der Waals surface area contributed by atoms with Crippen LogP contribution in [0.25, 0.3) is 0 Å². The maximum atomic E-state index is 5.35. The molecule has 0 aliphatic heterocycles. The summed E-state index contributed by atoms with van der Waals surface area (Å²) in [5, 5.41) is 10.9. The van der Waals surface area contributed by atoms with Crippen molar-refractivity contribution in [2.45, 2.75) is 6.54 Å². The highest BCUT2D eigenvalue weighted by atomic mass is 16.5. The number of rotatable bonds is 2. The van der Waals surface area contributed by atoms with Crippen LogP contribution in [-0.4, -0.2) is 25.1 Å². The second-order valence-corrected chi connectivity index (χ2v) is 2.19. The molecule has 0 fully saturated rings. The second kappa shape index (κ2) is 2.61. The van der Waals surface area contributed by atoms with Crippen molar-refractivity contribution in [1.82, 2.24) is 25.1 Å². The molecule has 0 spiro atoms. The molecule has 0 aromatic carbocycles. The smallest absolute Gasteiger partial charge is 0.213 e. The highest BCUT2D eigenvalue weighted by molar-refractivity contribution is 5.19. The lowest BCUT2D eigenvalue weighted by molar-refractivity contribution is 0.406. The van der Waals surface area contributed by atoms with Crippen LogP contribution in [0.2, 0.25) is 0 Å². The van der Waals surface area contributed by atoms with E-state index in [2.05, 4.69) is 25.0 Å². The molecule has 0 unspecified atom stereocenters. The minimum absolute atomic E-state index is 0.374. The first-order valence-corrected chi connectivity index (χ1v) is 3.25. The number of aromatic nitrogens is 5. The van der Waals surface area contributed by atoms with E-state index in [1.807, 2.05) is 0 Å². The van der Waals surface area contributed by atoms with E-state index in [1.165, 1.54) is 11.1 Å². The Bertz CT molecular complexity index is 352. The lowest BCUT2D eigenvalue weighted by Crippen LogP contribution is -2.01. The van der Waals surface area contributed by atoms with E-state index in [-0.39, 0.29) is 0 Å². The van der Waals surface area contributed by atoms with Crippen molar-refractivity contribution in [2.75, 3.05) is 5.73 Å². The topological polar surface area (TPSA) is 95.7 Å². The zero-order valence-electron chi connectivity index (χ0n) is 6.08. The van der Waals surface area contributed by atoms with E-state index < -0.39 is 0 Å². The van der Waals surface area contributed by atoms with Gasteiger partial charge in [0, 0.05) is 0 Å². The molecule has 0 aliphatic carbocycles. The molecular formula is C5H6N6O. The van der Waals surface area contributed by atoms with Gasteiger partial charge in [-0.15, -0.1) is 5.10 Å². The minimum atomic E-state index is 0.374. The van der Waals surface area contributed by atoms with Crippen molar-refractivity contribution >= 4 is 5.82 Å². The Kier molecular flexibility index (Phi) is 1.47. The molecule has 0 atom stereocenters. The van der Waals surface area contributed by atoms with Crippen LogP contribution in [0.3, 0.4) is 0 Å². The normalized spacial score (nSPS) is 10.3. The maximum Gasteiger partial charge on any atom is 0.213 e. The van der Waals surface area contributed by atoms with Gasteiger partial charge in [-0.05, 0) is 0 Å². The van der Waals surface area contributed by atoms with Gasteiger partial charge in [0.05, 0.1) is 6.20 Å². The summed E-state index contributed by atoms with van der Waals surface area (Å²) in [6.45, 7) is 0.417. The summed E-state index contributed by atoms with van der Waals surface area (Å²) in [7, 11) is 0. The largest absolute Gasteiger partial charge is 0.381 e. The van der Waals surface area contributed by atoms with Crippen molar-refractivity contribution in [1.29, 1.82) is 0 Å². The highest BCUT2D eigenvalue weighted by Crippen LogP contribution is 1.96. The maximum absolute atomic E-state index is 5.35. The summed E-state index contributed by atoms with van der Waals surface area (Å²) in [6, 6.07) is 0. The Balaban J connectivity index is 2.14. The second-order valence-electron chi connectivity index (χ2n) is 2.19. The Labute approximate surface area is 67.2 Å². The third-order valence-corrected chi connectivity index (χ3v) is 1.27. The van der Waals surface area contributed by atoms with Crippen LogP contribution in [0.1, 0.15) is 5.82 Å². The summed E-state index contributed by atoms with van der Waals surface area (Å²) in [6.07, 6.45) is 2.85. The average molecular weight is 166 g/mol.